The number of nitrogens with zero attached hydrogens (tertiary/aromatic N) is 3. The molecule has 10 heteroatoms. The van der Waals surface area contributed by atoms with Crippen molar-refractivity contribution in [3.8, 4) is 5.75 Å². The number of rotatable bonds is 6. The summed E-state index contributed by atoms with van der Waals surface area (Å²) in [5.74, 6) is 0.595. The van der Waals surface area contributed by atoms with Gasteiger partial charge in [0.25, 0.3) is 5.91 Å². The fraction of sp³-hybridized carbons (Fsp3) is 0.0952. The lowest BCUT2D eigenvalue weighted by atomic mass is 10.2. The fourth-order valence-corrected chi connectivity index (χ4v) is 4.71. The number of methoxy groups -OCH3 is 1. The Bertz CT molecular complexity index is 1370. The molecule has 158 valence electrons. The number of ether oxygens (including phenoxy) is 1. The van der Waals surface area contributed by atoms with Crippen LogP contribution < -0.4 is 10.1 Å². The van der Waals surface area contributed by atoms with Crippen molar-refractivity contribution in [3.63, 3.8) is 0 Å². The van der Waals surface area contributed by atoms with Crippen molar-refractivity contribution in [2.24, 2.45) is 0 Å². The number of carbonyl (C=O) groups excluding carboxylic acids is 1. The van der Waals surface area contributed by atoms with Gasteiger partial charge in [-0.3, -0.25) is 9.20 Å². The van der Waals surface area contributed by atoms with E-state index in [0.29, 0.717) is 17.1 Å². The number of nitrogens with one attached hydrogen (secondary N) is 1. The van der Waals surface area contributed by atoms with Crippen molar-refractivity contribution in [2.75, 3.05) is 7.11 Å². The van der Waals surface area contributed by atoms with Crippen LogP contribution in [0, 0.1) is 0 Å². The Morgan fingerprint density at radius 1 is 1.16 bits per heavy atom. The second-order valence-corrected chi connectivity index (χ2v) is 8.93. The molecule has 2 aromatic heterocycles. The molecule has 1 N–H and O–H groups in total. The molecule has 1 amide bonds. The van der Waals surface area contributed by atoms with E-state index in [2.05, 4.69) is 15.3 Å². The third-order valence-corrected chi connectivity index (χ3v) is 6.87. The summed E-state index contributed by atoms with van der Waals surface area (Å²) >= 11 is 6.10. The topological polar surface area (TPSA) is 103 Å². The first-order valence-electron chi connectivity index (χ1n) is 9.13. The summed E-state index contributed by atoms with van der Waals surface area (Å²) in [6, 6.07) is 10.7. The molecule has 0 fully saturated rings. The Hall–Kier alpha value is -3.43. The molecule has 0 aliphatic carbocycles. The van der Waals surface area contributed by atoms with Crippen molar-refractivity contribution in [2.45, 2.75) is 16.3 Å². The molecular formula is C21H17ClN4O4S. The van der Waals surface area contributed by atoms with E-state index in [-0.39, 0.29) is 27.3 Å². The summed E-state index contributed by atoms with van der Waals surface area (Å²) in [4.78, 5) is 20.6. The second kappa shape index (κ2) is 8.37. The average Bonchev–Trinajstić information content (AvgIpc) is 3.26. The highest BCUT2D eigenvalue weighted by Gasteiger charge is 2.21. The van der Waals surface area contributed by atoms with E-state index >= 15 is 0 Å². The van der Waals surface area contributed by atoms with Crippen LogP contribution in [0.1, 0.15) is 15.9 Å². The third kappa shape index (κ3) is 4.23. The number of carbonyl (C=O) groups is 1. The first-order chi connectivity index (χ1) is 14.9. The van der Waals surface area contributed by atoms with Crippen LogP contribution in [0.15, 0.2) is 77.0 Å². The van der Waals surface area contributed by atoms with Gasteiger partial charge in [-0.05, 0) is 29.8 Å². The Labute approximate surface area is 183 Å². The molecule has 0 aliphatic heterocycles. The molecule has 0 bridgehead atoms. The Morgan fingerprint density at radius 2 is 1.94 bits per heavy atom. The smallest absolute Gasteiger partial charge is 0.254 e. The van der Waals surface area contributed by atoms with Crippen molar-refractivity contribution in [1.82, 2.24) is 19.7 Å². The maximum atomic E-state index is 12.9. The number of amides is 1. The Balaban J connectivity index is 1.48. The summed E-state index contributed by atoms with van der Waals surface area (Å²) in [5, 5.41) is 2.90. The molecule has 0 spiro atoms. The first-order valence-corrected chi connectivity index (χ1v) is 11.0. The van der Waals surface area contributed by atoms with Gasteiger partial charge in [0.1, 0.15) is 5.75 Å². The number of sulfone groups is 1. The van der Waals surface area contributed by atoms with Gasteiger partial charge >= 0.3 is 0 Å². The van der Waals surface area contributed by atoms with Crippen LogP contribution in [-0.2, 0) is 16.4 Å². The summed E-state index contributed by atoms with van der Waals surface area (Å²) in [6.45, 7) is 0.223. The minimum Gasteiger partial charge on any atom is -0.497 e. The van der Waals surface area contributed by atoms with Gasteiger partial charge in [0.05, 0.1) is 27.5 Å². The van der Waals surface area contributed by atoms with Crippen molar-refractivity contribution < 1.29 is 17.9 Å². The number of benzene rings is 2. The Morgan fingerprint density at radius 3 is 2.68 bits per heavy atom. The molecule has 4 rings (SSSR count). The average molecular weight is 457 g/mol. The van der Waals surface area contributed by atoms with Crippen LogP contribution in [0.25, 0.3) is 5.78 Å². The second-order valence-electron chi connectivity index (χ2n) is 6.60. The highest BCUT2D eigenvalue weighted by Crippen LogP contribution is 2.31. The molecule has 8 nitrogen and oxygen atoms in total. The number of aromatic nitrogens is 3. The highest BCUT2D eigenvalue weighted by atomic mass is 35.5. The molecular weight excluding hydrogens is 440 g/mol. The van der Waals surface area contributed by atoms with Gasteiger partial charge in [-0.25, -0.2) is 18.4 Å². The van der Waals surface area contributed by atoms with Gasteiger partial charge in [0.15, 0.2) is 0 Å². The van der Waals surface area contributed by atoms with Crippen molar-refractivity contribution >= 4 is 33.1 Å². The van der Waals surface area contributed by atoms with Gasteiger partial charge in [0.2, 0.25) is 15.6 Å². The van der Waals surface area contributed by atoms with Gasteiger partial charge in [-0.15, -0.1) is 0 Å². The van der Waals surface area contributed by atoms with Crippen molar-refractivity contribution in [1.29, 1.82) is 0 Å². The zero-order valence-corrected chi connectivity index (χ0v) is 17.9. The number of imidazole rings is 1. The number of hydrogen-bond donors (Lipinski definition) is 1. The molecule has 0 radical (unpaired) electrons. The van der Waals surface area contributed by atoms with Gasteiger partial charge in [-0.2, -0.15) is 0 Å². The zero-order valence-electron chi connectivity index (χ0n) is 16.3. The van der Waals surface area contributed by atoms with Crippen molar-refractivity contribution in [3.05, 3.63) is 83.4 Å². The number of hydrogen-bond acceptors (Lipinski definition) is 6. The number of halogens is 1. The Kier molecular flexibility index (Phi) is 5.62. The van der Waals surface area contributed by atoms with E-state index in [9.17, 15) is 13.2 Å². The van der Waals surface area contributed by atoms with Crippen LogP contribution in [-0.4, -0.2) is 35.8 Å². The van der Waals surface area contributed by atoms with Crippen LogP contribution >= 0.6 is 11.6 Å². The van der Waals surface area contributed by atoms with E-state index < -0.39 is 9.84 Å². The van der Waals surface area contributed by atoms with E-state index in [1.165, 1.54) is 37.6 Å². The molecule has 2 heterocycles. The molecule has 2 aromatic carbocycles. The monoisotopic (exact) mass is 456 g/mol. The van der Waals surface area contributed by atoms with Crippen LogP contribution in [0.3, 0.4) is 0 Å². The molecule has 0 atom stereocenters. The SMILES string of the molecule is COc1ccc(Cl)c(S(=O)(=O)c2ccc(CNC(=O)c3cnc4nccn4c3)cc2)c1. The lowest BCUT2D eigenvalue weighted by Gasteiger charge is -2.10. The molecule has 0 saturated carbocycles. The minimum atomic E-state index is -3.82. The summed E-state index contributed by atoms with van der Waals surface area (Å²) in [6.07, 6.45) is 6.38. The predicted molar refractivity (Wildman–Crippen MR) is 114 cm³/mol. The molecule has 0 aliphatic rings. The third-order valence-electron chi connectivity index (χ3n) is 4.62. The molecule has 31 heavy (non-hydrogen) atoms. The van der Waals surface area contributed by atoms with E-state index in [1.807, 2.05) is 0 Å². The fourth-order valence-electron chi connectivity index (χ4n) is 2.95. The van der Waals surface area contributed by atoms with Crippen LogP contribution in [0.5, 0.6) is 5.75 Å². The maximum absolute atomic E-state index is 12.9. The molecule has 0 unspecified atom stereocenters. The lowest BCUT2D eigenvalue weighted by molar-refractivity contribution is 0.0950. The minimum absolute atomic E-state index is 0.0306. The standard InChI is InChI=1S/C21H17ClN4O4S/c1-30-16-4-7-18(22)19(10-16)31(28,29)17-5-2-14(3-6-17)11-24-20(27)15-12-25-21-23-8-9-26(21)13-15/h2-10,12-13H,11H2,1H3,(H,24,27). The van der Waals surface area contributed by atoms with Crippen LogP contribution in [0.2, 0.25) is 5.02 Å². The van der Waals surface area contributed by atoms with Gasteiger partial charge < -0.3 is 10.1 Å². The van der Waals surface area contributed by atoms with E-state index in [0.717, 1.165) is 5.56 Å². The molecule has 0 saturated heterocycles. The first kappa shape index (κ1) is 20.8. The summed E-state index contributed by atoms with van der Waals surface area (Å²) in [7, 11) is -2.37. The largest absolute Gasteiger partial charge is 0.497 e. The normalized spacial score (nSPS) is 11.4. The zero-order chi connectivity index (χ0) is 22.0. The molecule has 4 aromatic rings. The lowest BCUT2D eigenvalue weighted by Crippen LogP contribution is -2.23. The predicted octanol–water partition coefficient (Wildman–Crippen LogP) is 3.15. The highest BCUT2D eigenvalue weighted by molar-refractivity contribution is 7.91. The number of fused-ring (bicyclic) bond motifs is 1. The van der Waals surface area contributed by atoms with Gasteiger partial charge in [0, 0.05) is 37.4 Å². The van der Waals surface area contributed by atoms with E-state index in [4.69, 9.17) is 16.3 Å². The summed E-state index contributed by atoms with van der Waals surface area (Å²) < 4.78 is 32.6. The summed E-state index contributed by atoms with van der Waals surface area (Å²) in [5.41, 5.74) is 1.12. The quantitative estimate of drug-likeness (QED) is 0.478. The van der Waals surface area contributed by atoms with Crippen LogP contribution in [0.4, 0.5) is 0 Å². The van der Waals surface area contributed by atoms with Gasteiger partial charge in [-0.1, -0.05) is 23.7 Å². The maximum Gasteiger partial charge on any atom is 0.254 e. The van der Waals surface area contributed by atoms with E-state index in [1.54, 1.807) is 41.2 Å².